The summed E-state index contributed by atoms with van der Waals surface area (Å²) in [5, 5.41) is 18.2. The Morgan fingerprint density at radius 1 is 1.25 bits per heavy atom. The molecule has 0 bridgehead atoms. The summed E-state index contributed by atoms with van der Waals surface area (Å²) < 4.78 is 1.61. The Morgan fingerprint density at radius 3 is 2.29 bits per heavy atom. The van der Waals surface area contributed by atoms with Crippen LogP contribution in [-0.4, -0.2) is 26.1 Å². The molecule has 128 valence electrons. The molecule has 0 aliphatic heterocycles. The Morgan fingerprint density at radius 2 is 1.83 bits per heavy atom. The minimum Gasteiger partial charge on any atom is -0.347 e. The van der Waals surface area contributed by atoms with E-state index >= 15 is 0 Å². The fourth-order valence-electron chi connectivity index (χ4n) is 2.45. The van der Waals surface area contributed by atoms with E-state index < -0.39 is 4.92 Å². The number of nitrogens with zero attached hydrogens (tertiary/aromatic N) is 3. The van der Waals surface area contributed by atoms with Crippen LogP contribution in [0.1, 0.15) is 48.1 Å². The summed E-state index contributed by atoms with van der Waals surface area (Å²) in [7, 11) is 0. The molecule has 24 heavy (non-hydrogen) atoms. The summed E-state index contributed by atoms with van der Waals surface area (Å²) in [6.45, 7) is 9.51. The summed E-state index contributed by atoms with van der Waals surface area (Å²) >= 11 is 0. The number of aryl methyl sites for hydroxylation is 1. The van der Waals surface area contributed by atoms with Gasteiger partial charge in [0.2, 0.25) is 0 Å². The highest BCUT2D eigenvalue weighted by Crippen LogP contribution is 2.22. The van der Waals surface area contributed by atoms with Crippen LogP contribution in [0.3, 0.4) is 0 Å². The zero-order valence-corrected chi connectivity index (χ0v) is 14.6. The lowest BCUT2D eigenvalue weighted by Crippen LogP contribution is -2.40. The van der Waals surface area contributed by atoms with Crippen molar-refractivity contribution in [2.75, 3.05) is 0 Å². The number of nitrogens with one attached hydrogen (secondary N) is 1. The van der Waals surface area contributed by atoms with Gasteiger partial charge in [0.1, 0.15) is 11.4 Å². The third kappa shape index (κ3) is 3.98. The zero-order chi connectivity index (χ0) is 18.1. The fraction of sp³-hybridized carbons (Fsp3) is 0.412. The van der Waals surface area contributed by atoms with Gasteiger partial charge >= 0.3 is 5.69 Å². The van der Waals surface area contributed by atoms with Crippen LogP contribution in [0, 0.1) is 24.0 Å². The molecule has 0 aliphatic carbocycles. The van der Waals surface area contributed by atoms with Crippen molar-refractivity contribution in [3.63, 3.8) is 0 Å². The number of benzene rings is 1. The minimum absolute atomic E-state index is 0.0520. The number of aromatic nitrogens is 2. The Labute approximate surface area is 140 Å². The Balaban J connectivity index is 2.17. The molecule has 7 nitrogen and oxygen atoms in total. The monoisotopic (exact) mass is 330 g/mol. The summed E-state index contributed by atoms with van der Waals surface area (Å²) in [6, 6.07) is 7.16. The van der Waals surface area contributed by atoms with Gasteiger partial charge in [-0.05, 0) is 52.3 Å². The third-order valence-electron chi connectivity index (χ3n) is 3.56. The molecule has 0 saturated heterocycles. The van der Waals surface area contributed by atoms with Gasteiger partial charge in [-0.3, -0.25) is 19.6 Å². The highest BCUT2D eigenvalue weighted by Gasteiger charge is 2.21. The lowest BCUT2D eigenvalue weighted by Gasteiger charge is -2.20. The second-order valence-corrected chi connectivity index (χ2v) is 6.84. The van der Waals surface area contributed by atoms with E-state index in [1.165, 1.54) is 0 Å². The van der Waals surface area contributed by atoms with Crippen molar-refractivity contribution in [3.8, 4) is 0 Å². The second-order valence-electron chi connectivity index (χ2n) is 6.84. The van der Waals surface area contributed by atoms with Gasteiger partial charge in [0, 0.05) is 11.1 Å². The molecule has 0 atom stereocenters. The van der Waals surface area contributed by atoms with Crippen molar-refractivity contribution in [2.45, 2.75) is 46.7 Å². The SMILES string of the molecule is Cc1nn(Cc2ccc(C(=O)NC(C)(C)C)cc2)c(C)c1[N+](=O)[O-]. The molecular weight excluding hydrogens is 308 g/mol. The molecular formula is C17H22N4O3. The van der Waals surface area contributed by atoms with E-state index in [1.807, 2.05) is 32.9 Å². The van der Waals surface area contributed by atoms with Gasteiger partial charge in [0.25, 0.3) is 5.91 Å². The first kappa shape index (κ1) is 17.7. The van der Waals surface area contributed by atoms with E-state index in [0.717, 1.165) is 5.56 Å². The van der Waals surface area contributed by atoms with Gasteiger partial charge in [0.15, 0.2) is 0 Å². The zero-order valence-electron chi connectivity index (χ0n) is 14.6. The second kappa shape index (κ2) is 6.43. The van der Waals surface area contributed by atoms with Crippen molar-refractivity contribution in [3.05, 3.63) is 56.9 Å². The topological polar surface area (TPSA) is 90.1 Å². The maximum Gasteiger partial charge on any atom is 0.312 e. The average molecular weight is 330 g/mol. The smallest absolute Gasteiger partial charge is 0.312 e. The Bertz CT molecular complexity index is 770. The van der Waals surface area contributed by atoms with Crippen molar-refractivity contribution in [1.82, 2.24) is 15.1 Å². The van der Waals surface area contributed by atoms with Crippen LogP contribution in [0.2, 0.25) is 0 Å². The van der Waals surface area contributed by atoms with E-state index in [4.69, 9.17) is 0 Å². The number of carbonyl (C=O) groups is 1. The molecule has 2 aromatic rings. The van der Waals surface area contributed by atoms with Crippen molar-refractivity contribution in [2.24, 2.45) is 0 Å². The highest BCUT2D eigenvalue weighted by molar-refractivity contribution is 5.94. The normalized spacial score (nSPS) is 11.4. The first-order valence-corrected chi connectivity index (χ1v) is 7.68. The maximum absolute atomic E-state index is 12.1. The number of hydrogen-bond acceptors (Lipinski definition) is 4. The Kier molecular flexibility index (Phi) is 4.73. The van der Waals surface area contributed by atoms with Crippen LogP contribution >= 0.6 is 0 Å². The van der Waals surface area contributed by atoms with E-state index in [0.29, 0.717) is 23.5 Å². The molecule has 2 rings (SSSR count). The average Bonchev–Trinajstić information content (AvgIpc) is 2.72. The summed E-state index contributed by atoms with van der Waals surface area (Å²) in [5.74, 6) is -0.129. The minimum atomic E-state index is -0.409. The van der Waals surface area contributed by atoms with Crippen LogP contribution in [-0.2, 0) is 6.54 Å². The van der Waals surface area contributed by atoms with Crippen LogP contribution in [0.5, 0.6) is 0 Å². The van der Waals surface area contributed by atoms with Crippen LogP contribution in [0.15, 0.2) is 24.3 Å². The lowest BCUT2D eigenvalue weighted by atomic mass is 10.1. The molecule has 1 aromatic heterocycles. The molecule has 0 spiro atoms. The Hall–Kier alpha value is -2.70. The first-order valence-electron chi connectivity index (χ1n) is 7.68. The quantitative estimate of drug-likeness (QED) is 0.689. The lowest BCUT2D eigenvalue weighted by molar-refractivity contribution is -0.386. The van der Waals surface area contributed by atoms with E-state index in [9.17, 15) is 14.9 Å². The fourth-order valence-corrected chi connectivity index (χ4v) is 2.45. The highest BCUT2D eigenvalue weighted by atomic mass is 16.6. The number of hydrogen-bond donors (Lipinski definition) is 1. The molecule has 0 aliphatic rings. The van der Waals surface area contributed by atoms with E-state index in [2.05, 4.69) is 10.4 Å². The molecule has 1 heterocycles. The molecule has 7 heteroatoms. The van der Waals surface area contributed by atoms with E-state index in [1.54, 1.807) is 30.7 Å². The summed E-state index contributed by atoms with van der Waals surface area (Å²) in [6.07, 6.45) is 0. The van der Waals surface area contributed by atoms with Gasteiger partial charge in [-0.25, -0.2) is 0 Å². The van der Waals surface area contributed by atoms with Crippen molar-refractivity contribution < 1.29 is 9.72 Å². The predicted octanol–water partition coefficient (Wildman–Crippen LogP) is 2.98. The van der Waals surface area contributed by atoms with Gasteiger partial charge in [-0.1, -0.05) is 12.1 Å². The van der Waals surface area contributed by atoms with Gasteiger partial charge < -0.3 is 5.32 Å². The molecule has 0 unspecified atom stereocenters. The first-order chi connectivity index (χ1) is 11.1. The molecule has 0 fully saturated rings. The van der Waals surface area contributed by atoms with Gasteiger partial charge in [0.05, 0.1) is 11.5 Å². The van der Waals surface area contributed by atoms with Crippen molar-refractivity contribution >= 4 is 11.6 Å². The molecule has 1 amide bonds. The molecule has 0 radical (unpaired) electrons. The molecule has 1 aromatic carbocycles. The number of nitro groups is 1. The summed E-state index contributed by atoms with van der Waals surface area (Å²) in [5.41, 5.74) is 2.18. The molecule has 0 saturated carbocycles. The predicted molar refractivity (Wildman–Crippen MR) is 91.1 cm³/mol. The van der Waals surface area contributed by atoms with Crippen molar-refractivity contribution in [1.29, 1.82) is 0 Å². The maximum atomic E-state index is 12.1. The largest absolute Gasteiger partial charge is 0.347 e. The standard InChI is InChI=1S/C17H22N4O3/c1-11-15(21(23)24)12(2)20(19-11)10-13-6-8-14(9-7-13)16(22)18-17(3,4)5/h6-9H,10H2,1-5H3,(H,18,22). The summed E-state index contributed by atoms with van der Waals surface area (Å²) in [4.78, 5) is 22.7. The van der Waals surface area contributed by atoms with Crippen LogP contribution in [0.25, 0.3) is 0 Å². The van der Waals surface area contributed by atoms with Crippen LogP contribution in [0.4, 0.5) is 5.69 Å². The van der Waals surface area contributed by atoms with Crippen LogP contribution < -0.4 is 5.32 Å². The number of rotatable bonds is 4. The van der Waals surface area contributed by atoms with Gasteiger partial charge in [-0.15, -0.1) is 0 Å². The third-order valence-corrected chi connectivity index (χ3v) is 3.56. The van der Waals surface area contributed by atoms with E-state index in [-0.39, 0.29) is 17.1 Å². The number of amides is 1. The molecule has 1 N–H and O–H groups in total. The number of carbonyl (C=O) groups excluding carboxylic acids is 1. The van der Waals surface area contributed by atoms with Gasteiger partial charge in [-0.2, -0.15) is 5.10 Å².